The summed E-state index contributed by atoms with van der Waals surface area (Å²) in [5.41, 5.74) is 2.85. The molecule has 0 unspecified atom stereocenters. The highest BCUT2D eigenvalue weighted by Gasteiger charge is 2.71. The highest BCUT2D eigenvalue weighted by atomic mass is 35.5. The fraction of sp³-hybridized carbons (Fsp3) is 0.147. The molecule has 0 amide bonds. The minimum Gasteiger partial charge on any atom is -0.352 e. The number of nitrogens with zero attached hydrogens (tertiary/aromatic N) is 1. The van der Waals surface area contributed by atoms with Crippen molar-refractivity contribution in [3.8, 4) is 0 Å². The van der Waals surface area contributed by atoms with E-state index in [1.807, 2.05) is 66.4 Å². The molecule has 4 nitrogen and oxygen atoms in total. The number of benzene rings is 4. The number of halogens is 2. The molecule has 4 aromatic carbocycles. The second-order valence-electron chi connectivity index (χ2n) is 10.7. The highest BCUT2D eigenvalue weighted by molar-refractivity contribution is 6.34. The first-order valence-electron chi connectivity index (χ1n) is 13.1. The topological polar surface area (TPSA) is 54.5 Å². The summed E-state index contributed by atoms with van der Waals surface area (Å²) in [5, 5.41) is 0.963. The predicted molar refractivity (Wildman–Crippen MR) is 158 cm³/mol. The quantitative estimate of drug-likeness (QED) is 0.190. The summed E-state index contributed by atoms with van der Waals surface area (Å²) in [6.45, 7) is 1.96. The average molecular weight is 564 g/mol. The van der Waals surface area contributed by atoms with Crippen molar-refractivity contribution in [3.05, 3.63) is 140 Å². The minimum absolute atomic E-state index is 0.181. The van der Waals surface area contributed by atoms with Crippen LogP contribution in [0.2, 0.25) is 10.0 Å². The molecule has 6 heteroatoms. The van der Waals surface area contributed by atoms with Crippen molar-refractivity contribution in [2.45, 2.75) is 24.9 Å². The molecule has 40 heavy (non-hydrogen) atoms. The maximum absolute atomic E-state index is 14.7. The minimum atomic E-state index is -1.59. The van der Waals surface area contributed by atoms with Gasteiger partial charge in [0.15, 0.2) is 17.3 Å². The molecule has 196 valence electrons. The summed E-state index contributed by atoms with van der Waals surface area (Å²) in [5.74, 6) is -1.60. The van der Waals surface area contributed by atoms with Gasteiger partial charge in [0.2, 0.25) is 0 Å². The van der Waals surface area contributed by atoms with E-state index in [4.69, 9.17) is 23.2 Å². The third kappa shape index (κ3) is 3.30. The molecule has 3 aliphatic rings. The summed E-state index contributed by atoms with van der Waals surface area (Å²) < 4.78 is 0. The van der Waals surface area contributed by atoms with Gasteiger partial charge in [0.1, 0.15) is 11.5 Å². The zero-order valence-corrected chi connectivity index (χ0v) is 23.0. The Hall–Kier alpha value is -3.99. The number of aryl methyl sites for hydroxylation is 1. The summed E-state index contributed by atoms with van der Waals surface area (Å²) in [7, 11) is 0. The number of Topliss-reactive ketones (excluding diaryl/α,β-unsaturated/α-hetero) is 3. The lowest BCUT2D eigenvalue weighted by Crippen LogP contribution is -2.48. The van der Waals surface area contributed by atoms with E-state index in [-0.39, 0.29) is 17.3 Å². The molecule has 2 heterocycles. The molecule has 1 spiro atoms. The van der Waals surface area contributed by atoms with Crippen LogP contribution in [0.3, 0.4) is 0 Å². The molecule has 4 aromatic rings. The second-order valence-corrected chi connectivity index (χ2v) is 11.5. The number of rotatable bonds is 3. The molecule has 1 aliphatic carbocycles. The molecule has 0 aromatic heterocycles. The largest absolute Gasteiger partial charge is 0.352 e. The molecule has 0 saturated carbocycles. The standard InChI is InChI=1S/C34H23Cl2NO3/c1-19-10-12-20(13-11-19)31(38)30-29(25-8-4-5-9-26(25)36)34(32(39)23-6-2-3-7-24(23)33(34)40)28-17-14-21-18-22(35)15-16-27(21)37(28)30/h2-18,28-30H,1H3/t28-,29+,30+/m1/s1. The van der Waals surface area contributed by atoms with E-state index in [2.05, 4.69) is 0 Å². The third-order valence-electron chi connectivity index (χ3n) is 8.61. The summed E-state index contributed by atoms with van der Waals surface area (Å²) >= 11 is 13.2. The van der Waals surface area contributed by atoms with Gasteiger partial charge in [-0.3, -0.25) is 14.4 Å². The van der Waals surface area contributed by atoms with Crippen molar-refractivity contribution in [2.24, 2.45) is 5.41 Å². The van der Waals surface area contributed by atoms with Crippen molar-refractivity contribution in [2.75, 3.05) is 4.90 Å². The van der Waals surface area contributed by atoms with Crippen molar-refractivity contribution in [1.29, 1.82) is 0 Å². The molecule has 2 aliphatic heterocycles. The van der Waals surface area contributed by atoms with Crippen LogP contribution in [-0.4, -0.2) is 29.4 Å². The van der Waals surface area contributed by atoms with Gasteiger partial charge in [0, 0.05) is 38.3 Å². The van der Waals surface area contributed by atoms with Gasteiger partial charge < -0.3 is 4.90 Å². The zero-order valence-electron chi connectivity index (χ0n) is 21.5. The predicted octanol–water partition coefficient (Wildman–Crippen LogP) is 7.62. The number of anilines is 1. The van der Waals surface area contributed by atoms with Crippen LogP contribution in [0, 0.1) is 12.3 Å². The zero-order chi connectivity index (χ0) is 27.8. The van der Waals surface area contributed by atoms with Crippen molar-refractivity contribution < 1.29 is 14.4 Å². The van der Waals surface area contributed by atoms with Gasteiger partial charge in [0.25, 0.3) is 0 Å². The van der Waals surface area contributed by atoms with Crippen molar-refractivity contribution >= 4 is 52.3 Å². The molecule has 3 atom stereocenters. The average Bonchev–Trinajstić information content (AvgIpc) is 3.39. The summed E-state index contributed by atoms with van der Waals surface area (Å²) in [4.78, 5) is 45.9. The number of hydrogen-bond donors (Lipinski definition) is 0. The maximum atomic E-state index is 14.7. The Labute approximate surface area is 241 Å². The van der Waals surface area contributed by atoms with Gasteiger partial charge in [-0.2, -0.15) is 0 Å². The van der Waals surface area contributed by atoms with Crippen LogP contribution in [0.1, 0.15) is 53.7 Å². The van der Waals surface area contributed by atoms with Crippen LogP contribution in [0.15, 0.2) is 97.1 Å². The maximum Gasteiger partial charge on any atom is 0.185 e. The first kappa shape index (κ1) is 25.0. The van der Waals surface area contributed by atoms with E-state index < -0.39 is 23.4 Å². The van der Waals surface area contributed by atoms with Gasteiger partial charge in [-0.05, 0) is 42.3 Å². The van der Waals surface area contributed by atoms with Gasteiger partial charge in [-0.1, -0.05) is 108 Å². The smallest absolute Gasteiger partial charge is 0.185 e. The van der Waals surface area contributed by atoms with E-state index in [1.54, 1.807) is 48.5 Å². The van der Waals surface area contributed by atoms with Crippen LogP contribution < -0.4 is 4.90 Å². The lowest BCUT2D eigenvalue weighted by atomic mass is 9.64. The SMILES string of the molecule is Cc1ccc(C(=O)[C@@H]2[C@H](c3ccccc3Cl)C3(C(=O)c4ccccc4C3=O)[C@H]3C=Cc4cc(Cl)ccc4N23)cc1. The monoisotopic (exact) mass is 563 g/mol. The summed E-state index contributed by atoms with van der Waals surface area (Å²) in [6.07, 6.45) is 3.78. The van der Waals surface area contributed by atoms with Crippen molar-refractivity contribution in [1.82, 2.24) is 0 Å². The van der Waals surface area contributed by atoms with Crippen LogP contribution in [-0.2, 0) is 0 Å². The molecule has 7 rings (SSSR count). The molecular weight excluding hydrogens is 541 g/mol. The fourth-order valence-corrected chi connectivity index (χ4v) is 7.34. The normalized spacial score (nSPS) is 21.9. The number of hydrogen-bond acceptors (Lipinski definition) is 4. The first-order valence-corrected chi connectivity index (χ1v) is 13.9. The Morgan fingerprint density at radius 3 is 2.15 bits per heavy atom. The summed E-state index contributed by atoms with van der Waals surface area (Å²) in [6, 6.07) is 25.4. The second kappa shape index (κ2) is 9.02. The van der Waals surface area contributed by atoms with Gasteiger partial charge >= 0.3 is 0 Å². The Morgan fingerprint density at radius 1 is 0.825 bits per heavy atom. The molecule has 1 saturated heterocycles. The highest BCUT2D eigenvalue weighted by Crippen LogP contribution is 2.61. The van der Waals surface area contributed by atoms with Gasteiger partial charge in [0.05, 0.1) is 6.04 Å². The Bertz CT molecular complexity index is 1740. The molecule has 0 bridgehead atoms. The number of carbonyl (C=O) groups is 3. The molecule has 0 N–H and O–H groups in total. The molecular formula is C34H23Cl2NO3. The number of ketones is 3. The first-order chi connectivity index (χ1) is 19.3. The number of fused-ring (bicyclic) bond motifs is 5. The van der Waals surface area contributed by atoms with Crippen LogP contribution in [0.25, 0.3) is 6.08 Å². The fourth-order valence-electron chi connectivity index (χ4n) is 6.91. The number of carbonyl (C=O) groups excluding carboxylic acids is 3. The van der Waals surface area contributed by atoms with Crippen molar-refractivity contribution in [3.63, 3.8) is 0 Å². The van der Waals surface area contributed by atoms with E-state index in [1.165, 1.54) is 0 Å². The van der Waals surface area contributed by atoms with Crippen LogP contribution in [0.4, 0.5) is 5.69 Å². The third-order valence-corrected chi connectivity index (χ3v) is 9.19. The Kier molecular flexibility index (Phi) is 5.64. The van der Waals surface area contributed by atoms with E-state index in [9.17, 15) is 14.4 Å². The van der Waals surface area contributed by atoms with Crippen LogP contribution in [0.5, 0.6) is 0 Å². The molecule has 0 radical (unpaired) electrons. The Balaban J connectivity index is 1.56. The van der Waals surface area contributed by atoms with E-state index >= 15 is 0 Å². The van der Waals surface area contributed by atoms with Gasteiger partial charge in [-0.25, -0.2) is 0 Å². The Morgan fingerprint density at radius 2 is 1.48 bits per heavy atom. The van der Waals surface area contributed by atoms with Gasteiger partial charge in [-0.15, -0.1) is 0 Å². The lowest BCUT2D eigenvalue weighted by Gasteiger charge is -2.37. The van der Waals surface area contributed by atoms with Crippen LogP contribution >= 0.6 is 23.2 Å². The van der Waals surface area contributed by atoms with E-state index in [0.717, 1.165) is 16.8 Å². The lowest BCUT2D eigenvalue weighted by molar-refractivity contribution is 0.0666. The van der Waals surface area contributed by atoms with E-state index in [0.29, 0.717) is 32.3 Å². The molecule has 1 fully saturated rings.